The van der Waals surface area contributed by atoms with Crippen molar-refractivity contribution in [1.29, 1.82) is 0 Å². The summed E-state index contributed by atoms with van der Waals surface area (Å²) in [6.07, 6.45) is 13.2. The second kappa shape index (κ2) is 16.4. The molecular formula is C52H48ClN9O7. The van der Waals surface area contributed by atoms with Gasteiger partial charge in [0.1, 0.15) is 29.0 Å². The molecule has 3 amide bonds. The van der Waals surface area contributed by atoms with Gasteiger partial charge in [-0.1, -0.05) is 29.8 Å². The summed E-state index contributed by atoms with van der Waals surface area (Å²) in [4.78, 5) is 90.4. The molecule has 69 heavy (non-hydrogen) atoms. The number of fused-ring (bicyclic) bond motifs is 9. The van der Waals surface area contributed by atoms with Crippen LogP contribution in [0, 0.1) is 0 Å². The minimum atomic E-state index is -0.675. The predicted molar refractivity (Wildman–Crippen MR) is 254 cm³/mol. The number of halogens is 1. The largest absolute Gasteiger partial charge is 0.427 e. The highest BCUT2D eigenvalue weighted by molar-refractivity contribution is 6.30. The van der Waals surface area contributed by atoms with Gasteiger partial charge >= 0.3 is 0 Å². The van der Waals surface area contributed by atoms with E-state index in [1.165, 1.54) is 12.4 Å². The Labute approximate surface area is 402 Å². The lowest BCUT2D eigenvalue weighted by atomic mass is 9.79. The van der Waals surface area contributed by atoms with Crippen molar-refractivity contribution in [3.63, 3.8) is 0 Å². The molecule has 16 nitrogen and oxygen atoms in total. The maximum Gasteiger partial charge on any atom is 0.298 e. The number of pyridine rings is 6. The quantitative estimate of drug-likeness (QED) is 0.188. The number of ether oxygens (including phenoxy) is 2. The molecule has 3 aliphatic carbocycles. The van der Waals surface area contributed by atoms with Crippen molar-refractivity contribution in [2.75, 3.05) is 15.1 Å². The van der Waals surface area contributed by atoms with Gasteiger partial charge in [-0.05, 0) is 114 Å². The van der Waals surface area contributed by atoms with Crippen LogP contribution in [0.5, 0.6) is 11.5 Å². The molecule has 0 fully saturated rings. The summed E-state index contributed by atoms with van der Waals surface area (Å²) in [5, 5.41) is 3.46. The molecule has 12 rings (SSSR count). The number of rotatable bonds is 4. The van der Waals surface area contributed by atoms with Gasteiger partial charge in [-0.3, -0.25) is 48.7 Å². The van der Waals surface area contributed by atoms with Crippen molar-refractivity contribution >= 4 is 59.7 Å². The number of anilines is 3. The second-order valence-corrected chi connectivity index (χ2v) is 20.7. The SMILES string of the molecule is CC(C)(C)N1C(=O)[C@]2(Cc3cc(Cl)cnc3C2)c2cccnc21.CC(C)(C)N1C(=O)[C@]2(Cc3cc(OC=O)cnc3C2)c2cccnc21.O=COc1cnc2c(c1)C[C@@]1(C2)C(=O)Nc2ncccc21. The fourth-order valence-electron chi connectivity index (χ4n) is 11.0. The molecule has 6 aliphatic rings. The van der Waals surface area contributed by atoms with Crippen LogP contribution in [0.2, 0.25) is 5.02 Å². The number of amides is 3. The maximum atomic E-state index is 13.5. The van der Waals surface area contributed by atoms with Gasteiger partial charge < -0.3 is 14.8 Å². The number of nitrogens with zero attached hydrogens (tertiary/aromatic N) is 8. The summed E-state index contributed by atoms with van der Waals surface area (Å²) < 4.78 is 9.73. The molecule has 0 radical (unpaired) electrons. The van der Waals surface area contributed by atoms with E-state index in [2.05, 4.69) is 35.2 Å². The highest BCUT2D eigenvalue weighted by Crippen LogP contribution is 2.53. The van der Waals surface area contributed by atoms with E-state index in [1.54, 1.807) is 41.8 Å². The first-order valence-electron chi connectivity index (χ1n) is 22.6. The molecule has 0 saturated heterocycles. The minimum absolute atomic E-state index is 0.0490. The van der Waals surface area contributed by atoms with E-state index in [9.17, 15) is 24.0 Å². The van der Waals surface area contributed by atoms with Gasteiger partial charge in [0.05, 0.1) is 33.7 Å². The van der Waals surface area contributed by atoms with Crippen LogP contribution in [0.15, 0.2) is 91.8 Å². The third-order valence-electron chi connectivity index (χ3n) is 13.9. The molecule has 3 aliphatic heterocycles. The van der Waals surface area contributed by atoms with Gasteiger partial charge in [0, 0.05) is 88.9 Å². The summed E-state index contributed by atoms with van der Waals surface area (Å²) in [5.74, 6) is 3.06. The molecule has 350 valence electrons. The lowest BCUT2D eigenvalue weighted by Gasteiger charge is -2.33. The Bertz CT molecular complexity index is 3150. The first-order chi connectivity index (χ1) is 32.9. The topological polar surface area (TPSA) is 200 Å². The van der Waals surface area contributed by atoms with Gasteiger partial charge in [-0.25, -0.2) is 15.0 Å². The molecule has 0 saturated carbocycles. The van der Waals surface area contributed by atoms with Crippen LogP contribution in [0.4, 0.5) is 17.5 Å². The zero-order chi connectivity index (χ0) is 48.7. The Kier molecular flexibility index (Phi) is 10.7. The van der Waals surface area contributed by atoms with Crippen molar-refractivity contribution < 1.29 is 33.4 Å². The third-order valence-corrected chi connectivity index (χ3v) is 14.1. The van der Waals surface area contributed by atoms with Crippen molar-refractivity contribution in [2.24, 2.45) is 0 Å². The molecule has 3 atom stereocenters. The number of aromatic nitrogens is 6. The Balaban J connectivity index is 0.000000121. The van der Waals surface area contributed by atoms with Crippen LogP contribution in [-0.2, 0) is 78.7 Å². The molecule has 3 spiro atoms. The highest BCUT2D eigenvalue weighted by Gasteiger charge is 2.59. The van der Waals surface area contributed by atoms with E-state index < -0.39 is 16.2 Å². The van der Waals surface area contributed by atoms with Gasteiger partial charge in [0.2, 0.25) is 17.7 Å². The number of carbonyl (C=O) groups is 5. The smallest absolute Gasteiger partial charge is 0.298 e. The highest BCUT2D eigenvalue weighted by atomic mass is 35.5. The molecule has 9 heterocycles. The molecule has 17 heteroatoms. The monoisotopic (exact) mass is 945 g/mol. The van der Waals surface area contributed by atoms with Crippen molar-refractivity contribution in [3.8, 4) is 11.5 Å². The van der Waals surface area contributed by atoms with Crippen LogP contribution in [0.1, 0.15) is 92.0 Å². The molecule has 0 bridgehead atoms. The maximum absolute atomic E-state index is 13.5. The van der Waals surface area contributed by atoms with E-state index in [0.29, 0.717) is 73.8 Å². The third kappa shape index (κ3) is 7.30. The molecule has 0 unspecified atom stereocenters. The number of carbonyl (C=O) groups excluding carboxylic acids is 5. The van der Waals surface area contributed by atoms with E-state index in [1.807, 2.05) is 88.9 Å². The minimum Gasteiger partial charge on any atom is -0.427 e. The first kappa shape index (κ1) is 45.3. The zero-order valence-electron chi connectivity index (χ0n) is 38.9. The molecular weight excluding hydrogens is 898 g/mol. The van der Waals surface area contributed by atoms with Crippen molar-refractivity contribution in [2.45, 2.75) is 107 Å². The summed E-state index contributed by atoms with van der Waals surface area (Å²) in [6.45, 7) is 12.9. The van der Waals surface area contributed by atoms with E-state index in [4.69, 9.17) is 21.1 Å². The Morgan fingerprint density at radius 3 is 1.46 bits per heavy atom. The summed E-state index contributed by atoms with van der Waals surface area (Å²) in [7, 11) is 0. The Hall–Kier alpha value is -7.46. The predicted octanol–water partition coefficient (Wildman–Crippen LogP) is 6.51. The Morgan fingerprint density at radius 2 is 0.986 bits per heavy atom. The molecule has 1 N–H and O–H groups in total. The average molecular weight is 946 g/mol. The van der Waals surface area contributed by atoms with Crippen LogP contribution in [-0.4, -0.2) is 71.6 Å². The number of hydrogen-bond acceptors (Lipinski definition) is 13. The lowest BCUT2D eigenvalue weighted by Crippen LogP contribution is -2.49. The lowest BCUT2D eigenvalue weighted by molar-refractivity contribution is -0.124. The van der Waals surface area contributed by atoms with Crippen molar-refractivity contribution in [3.05, 3.63) is 147 Å². The van der Waals surface area contributed by atoms with Crippen LogP contribution >= 0.6 is 11.6 Å². The second-order valence-electron chi connectivity index (χ2n) is 20.3. The van der Waals surface area contributed by atoms with Gasteiger partial charge in [-0.15, -0.1) is 0 Å². The van der Waals surface area contributed by atoms with E-state index in [-0.39, 0.29) is 28.8 Å². The van der Waals surface area contributed by atoms with Crippen LogP contribution < -0.4 is 24.6 Å². The summed E-state index contributed by atoms with van der Waals surface area (Å²) >= 11 is 6.09. The molecule has 6 aromatic rings. The average Bonchev–Trinajstić information content (AvgIpc) is 4.14. The van der Waals surface area contributed by atoms with Gasteiger partial charge in [0.25, 0.3) is 12.9 Å². The molecule has 0 aromatic carbocycles. The number of hydrogen-bond donors (Lipinski definition) is 1. The fourth-order valence-corrected chi connectivity index (χ4v) is 11.2. The molecule has 6 aromatic heterocycles. The normalized spacial score (nSPS) is 21.9. The first-order valence-corrected chi connectivity index (χ1v) is 23.0. The summed E-state index contributed by atoms with van der Waals surface area (Å²) in [6, 6.07) is 17.1. The van der Waals surface area contributed by atoms with E-state index >= 15 is 0 Å². The number of nitrogens with one attached hydrogen (secondary N) is 1. The van der Waals surface area contributed by atoms with Gasteiger partial charge in [-0.2, -0.15) is 0 Å². The summed E-state index contributed by atoms with van der Waals surface area (Å²) in [5.41, 5.74) is 5.93. The standard InChI is InChI=1S/C19H19N3O3.C18H18ClN3O.C15H11N3O3/c1-18(2,3)22-16-14(5-4-6-20-16)19(17(22)24)8-12-7-13(25-11-23)10-21-15(12)9-19;1-17(2,3)22-15-13(5-4-6-20-15)18(16(22)23)8-11-7-12(19)10-21-14(11)9-18;19-8-21-10-4-9-5-15(6-12(9)17-7-10)11-2-1-3-16-13(11)18-14(15)20/h4-7,10-11H,8-9H2,1-3H3;4-7,10H,8-9H2,1-3H3;1-4,7-8H,5-6H2,(H,16,18,20)/t19-;18-;15-/m000/s1. The van der Waals surface area contributed by atoms with Gasteiger partial charge in [0.15, 0.2) is 0 Å². The van der Waals surface area contributed by atoms with Crippen LogP contribution in [0.3, 0.4) is 0 Å². The van der Waals surface area contributed by atoms with E-state index in [0.717, 1.165) is 62.1 Å². The van der Waals surface area contributed by atoms with Crippen LogP contribution in [0.25, 0.3) is 0 Å². The van der Waals surface area contributed by atoms with Crippen molar-refractivity contribution in [1.82, 2.24) is 29.9 Å². The zero-order valence-corrected chi connectivity index (χ0v) is 39.6. The Morgan fingerprint density at radius 1 is 0.565 bits per heavy atom. The fraction of sp³-hybridized carbons (Fsp3) is 0.327.